The minimum atomic E-state index is -1.00. The highest BCUT2D eigenvalue weighted by Crippen LogP contribution is 2.29. The zero-order valence-electron chi connectivity index (χ0n) is 12.1. The number of ether oxygens (including phenoxy) is 1. The Bertz CT molecular complexity index is 318. The molecule has 2 N–H and O–H groups in total. The van der Waals surface area contributed by atoms with Crippen molar-refractivity contribution in [3.8, 4) is 0 Å². The van der Waals surface area contributed by atoms with Crippen molar-refractivity contribution in [1.29, 1.82) is 0 Å². The number of hydrogen-bond donors (Lipinski definition) is 2. The van der Waals surface area contributed by atoms with Crippen LogP contribution in [0.15, 0.2) is 0 Å². The van der Waals surface area contributed by atoms with Gasteiger partial charge in [-0.05, 0) is 39.5 Å². The van der Waals surface area contributed by atoms with Gasteiger partial charge in [-0.2, -0.15) is 0 Å². The molecule has 0 saturated heterocycles. The van der Waals surface area contributed by atoms with Crippen LogP contribution in [-0.4, -0.2) is 35.2 Å². The highest BCUT2D eigenvalue weighted by Gasteiger charge is 2.25. The van der Waals surface area contributed by atoms with Gasteiger partial charge in [-0.3, -0.25) is 4.79 Å². The van der Waals surface area contributed by atoms with Gasteiger partial charge in [0.1, 0.15) is 6.04 Å². The van der Waals surface area contributed by atoms with E-state index in [-0.39, 0.29) is 11.5 Å². The van der Waals surface area contributed by atoms with Crippen molar-refractivity contribution in [2.45, 2.75) is 64.5 Å². The lowest BCUT2D eigenvalue weighted by Crippen LogP contribution is -2.42. The first-order valence-corrected chi connectivity index (χ1v) is 6.94. The lowest BCUT2D eigenvalue weighted by Gasteiger charge is -2.25. The molecule has 5 nitrogen and oxygen atoms in total. The summed E-state index contributed by atoms with van der Waals surface area (Å²) in [6.45, 7) is 6.07. The van der Waals surface area contributed by atoms with Crippen LogP contribution in [0.4, 0.5) is 0 Å². The Morgan fingerprint density at radius 3 is 2.42 bits per heavy atom. The third kappa shape index (κ3) is 6.57. The highest BCUT2D eigenvalue weighted by molar-refractivity contribution is 5.83. The summed E-state index contributed by atoms with van der Waals surface area (Å²) in [5, 5.41) is 11.7. The molecule has 1 aliphatic carbocycles. The molecule has 110 valence electrons. The van der Waals surface area contributed by atoms with Crippen molar-refractivity contribution >= 4 is 11.9 Å². The highest BCUT2D eigenvalue weighted by atomic mass is 16.5. The van der Waals surface area contributed by atoms with Crippen LogP contribution in [0.1, 0.15) is 52.9 Å². The molecule has 0 aliphatic heterocycles. The fraction of sp³-hybridized carbons (Fsp3) is 0.857. The molecular weight excluding hydrogens is 246 g/mol. The molecule has 0 spiro atoms. The van der Waals surface area contributed by atoms with Gasteiger partial charge in [0, 0.05) is 19.4 Å². The number of rotatable bonds is 7. The molecule has 0 aromatic rings. The minimum Gasteiger partial charge on any atom is -0.480 e. The number of nitrogens with one attached hydrogen (secondary N) is 1. The lowest BCUT2D eigenvalue weighted by molar-refractivity contribution is -0.143. The standard InChI is InChI=1S/C14H25NO4/c1-14(2,3)19-8-7-11(13(17)18)15-12(16)9-10-5-4-6-10/h10-11H,4-9H2,1-3H3,(H,15,16)(H,17,18). The van der Waals surface area contributed by atoms with Gasteiger partial charge in [0.05, 0.1) is 5.60 Å². The van der Waals surface area contributed by atoms with Crippen molar-refractivity contribution in [3.05, 3.63) is 0 Å². The molecule has 1 aliphatic rings. The van der Waals surface area contributed by atoms with E-state index in [9.17, 15) is 9.59 Å². The van der Waals surface area contributed by atoms with Gasteiger partial charge in [-0.1, -0.05) is 6.42 Å². The van der Waals surface area contributed by atoms with Crippen LogP contribution in [0.2, 0.25) is 0 Å². The largest absolute Gasteiger partial charge is 0.480 e. The van der Waals surface area contributed by atoms with Crippen LogP contribution in [-0.2, 0) is 14.3 Å². The summed E-state index contributed by atoms with van der Waals surface area (Å²) in [6.07, 6.45) is 4.09. The lowest BCUT2D eigenvalue weighted by atomic mass is 9.83. The van der Waals surface area contributed by atoms with E-state index >= 15 is 0 Å². The van der Waals surface area contributed by atoms with Crippen molar-refractivity contribution in [1.82, 2.24) is 5.32 Å². The molecule has 1 amide bonds. The molecule has 19 heavy (non-hydrogen) atoms. The summed E-state index contributed by atoms with van der Waals surface area (Å²) in [7, 11) is 0. The van der Waals surface area contributed by atoms with E-state index in [2.05, 4.69) is 5.32 Å². The fourth-order valence-electron chi connectivity index (χ4n) is 1.95. The van der Waals surface area contributed by atoms with E-state index in [1.165, 1.54) is 6.42 Å². The first-order chi connectivity index (χ1) is 8.78. The normalized spacial score (nSPS) is 17.6. The number of carboxylic acids is 1. The van der Waals surface area contributed by atoms with Crippen LogP contribution in [0.25, 0.3) is 0 Å². The maximum Gasteiger partial charge on any atom is 0.326 e. The van der Waals surface area contributed by atoms with Crippen LogP contribution >= 0.6 is 0 Å². The van der Waals surface area contributed by atoms with E-state index in [0.29, 0.717) is 25.4 Å². The van der Waals surface area contributed by atoms with Crippen LogP contribution < -0.4 is 5.32 Å². The Kier molecular flexibility index (Phi) is 5.79. The van der Waals surface area contributed by atoms with Gasteiger partial charge in [0.15, 0.2) is 0 Å². The Labute approximate surface area is 114 Å². The Morgan fingerprint density at radius 1 is 1.37 bits per heavy atom. The molecule has 1 atom stereocenters. The summed E-state index contributed by atoms with van der Waals surface area (Å²) in [4.78, 5) is 22.8. The third-order valence-corrected chi connectivity index (χ3v) is 3.27. The summed E-state index contributed by atoms with van der Waals surface area (Å²) in [6, 6.07) is -0.852. The van der Waals surface area contributed by atoms with E-state index in [1.54, 1.807) is 0 Å². The molecule has 5 heteroatoms. The number of carboxylic acid groups (broad SMARTS) is 1. The SMILES string of the molecule is CC(C)(C)OCCC(NC(=O)CC1CCC1)C(=O)O. The van der Waals surface area contributed by atoms with E-state index in [0.717, 1.165) is 12.8 Å². The summed E-state index contributed by atoms with van der Waals surface area (Å²) in [5.41, 5.74) is -0.293. The van der Waals surface area contributed by atoms with Crippen molar-refractivity contribution in [3.63, 3.8) is 0 Å². The van der Waals surface area contributed by atoms with E-state index in [4.69, 9.17) is 9.84 Å². The zero-order chi connectivity index (χ0) is 14.5. The van der Waals surface area contributed by atoms with Crippen molar-refractivity contribution in [2.75, 3.05) is 6.61 Å². The topological polar surface area (TPSA) is 75.6 Å². The second-order valence-corrected chi connectivity index (χ2v) is 6.21. The van der Waals surface area contributed by atoms with Crippen LogP contribution in [0.5, 0.6) is 0 Å². The number of carbonyl (C=O) groups excluding carboxylic acids is 1. The maximum atomic E-state index is 11.7. The predicted molar refractivity (Wildman–Crippen MR) is 71.8 cm³/mol. The van der Waals surface area contributed by atoms with Gasteiger partial charge in [-0.25, -0.2) is 4.79 Å². The predicted octanol–water partition coefficient (Wildman–Crippen LogP) is 1.95. The zero-order valence-corrected chi connectivity index (χ0v) is 12.1. The molecule has 0 heterocycles. The monoisotopic (exact) mass is 271 g/mol. The third-order valence-electron chi connectivity index (χ3n) is 3.27. The summed E-state index contributed by atoms with van der Waals surface area (Å²) >= 11 is 0. The van der Waals surface area contributed by atoms with Crippen molar-refractivity contribution < 1.29 is 19.4 Å². The van der Waals surface area contributed by atoms with Gasteiger partial charge < -0.3 is 15.2 Å². The molecular formula is C14H25NO4. The van der Waals surface area contributed by atoms with Gasteiger partial charge in [0.2, 0.25) is 5.91 Å². The van der Waals surface area contributed by atoms with E-state index in [1.807, 2.05) is 20.8 Å². The molecule has 0 radical (unpaired) electrons. The Hall–Kier alpha value is -1.10. The molecule has 1 fully saturated rings. The number of amides is 1. The molecule has 1 unspecified atom stereocenters. The second-order valence-electron chi connectivity index (χ2n) is 6.21. The van der Waals surface area contributed by atoms with Crippen molar-refractivity contribution in [2.24, 2.45) is 5.92 Å². The van der Waals surface area contributed by atoms with Gasteiger partial charge in [0.25, 0.3) is 0 Å². The van der Waals surface area contributed by atoms with Gasteiger partial charge >= 0.3 is 5.97 Å². The number of hydrogen-bond acceptors (Lipinski definition) is 3. The summed E-state index contributed by atoms with van der Waals surface area (Å²) < 4.78 is 5.49. The second kappa shape index (κ2) is 6.89. The van der Waals surface area contributed by atoms with Crippen LogP contribution in [0, 0.1) is 5.92 Å². The first kappa shape index (κ1) is 16.0. The Balaban J connectivity index is 2.30. The number of aliphatic carboxylic acids is 1. The molecule has 1 rings (SSSR count). The maximum absolute atomic E-state index is 11.7. The molecule has 0 aromatic heterocycles. The molecule has 0 bridgehead atoms. The van der Waals surface area contributed by atoms with E-state index < -0.39 is 12.0 Å². The quantitative estimate of drug-likeness (QED) is 0.742. The van der Waals surface area contributed by atoms with Gasteiger partial charge in [-0.15, -0.1) is 0 Å². The molecule has 0 aromatic carbocycles. The minimum absolute atomic E-state index is 0.159. The average Bonchev–Trinajstić information content (AvgIpc) is 2.20. The summed E-state index contributed by atoms with van der Waals surface area (Å²) in [5.74, 6) is -0.715. The number of carbonyl (C=O) groups is 2. The first-order valence-electron chi connectivity index (χ1n) is 6.94. The molecule has 1 saturated carbocycles. The average molecular weight is 271 g/mol. The smallest absolute Gasteiger partial charge is 0.326 e. The Morgan fingerprint density at radius 2 is 2.00 bits per heavy atom. The fourth-order valence-corrected chi connectivity index (χ4v) is 1.95. The van der Waals surface area contributed by atoms with Crippen LogP contribution in [0.3, 0.4) is 0 Å².